The van der Waals surface area contributed by atoms with Crippen LogP contribution in [0.4, 0.5) is 0 Å². The molecule has 0 spiro atoms. The van der Waals surface area contributed by atoms with Gasteiger partial charge in [-0.05, 0) is 38.1 Å². The van der Waals surface area contributed by atoms with Crippen molar-refractivity contribution in [1.82, 2.24) is 10.5 Å². The van der Waals surface area contributed by atoms with E-state index in [2.05, 4.69) is 10.5 Å². The first kappa shape index (κ1) is 14.6. The number of aromatic nitrogens is 1. The zero-order chi connectivity index (χ0) is 14.8. The Labute approximate surface area is 122 Å². The van der Waals surface area contributed by atoms with Crippen LogP contribution in [0.3, 0.4) is 0 Å². The van der Waals surface area contributed by atoms with Gasteiger partial charge in [0, 0.05) is 28.7 Å². The smallest absolute Gasteiger partial charge is 0.273 e. The van der Waals surface area contributed by atoms with Gasteiger partial charge in [0.1, 0.15) is 0 Å². The third-order valence-electron chi connectivity index (χ3n) is 2.58. The average Bonchev–Trinajstić information content (AvgIpc) is 2.85. The molecular formula is C14H16ClN3O2. The number of nitrogens with zero attached hydrogens (tertiary/aromatic N) is 1. The van der Waals surface area contributed by atoms with Crippen molar-refractivity contribution >= 4 is 17.5 Å². The molecule has 6 heteroatoms. The first-order valence-electron chi connectivity index (χ1n) is 6.15. The average molecular weight is 294 g/mol. The summed E-state index contributed by atoms with van der Waals surface area (Å²) in [6.45, 7) is 4.01. The second-order valence-electron chi connectivity index (χ2n) is 5.25. The zero-order valence-electron chi connectivity index (χ0n) is 11.3. The van der Waals surface area contributed by atoms with Gasteiger partial charge in [-0.3, -0.25) is 4.79 Å². The summed E-state index contributed by atoms with van der Waals surface area (Å²) >= 11 is 5.82. The minimum Gasteiger partial charge on any atom is -0.355 e. The highest BCUT2D eigenvalue weighted by atomic mass is 35.5. The van der Waals surface area contributed by atoms with Crippen LogP contribution in [0, 0.1) is 0 Å². The molecule has 2 rings (SSSR count). The maximum atomic E-state index is 11.9. The maximum Gasteiger partial charge on any atom is 0.273 e. The number of amides is 1. The van der Waals surface area contributed by atoms with Crippen molar-refractivity contribution in [2.24, 2.45) is 5.73 Å². The Kier molecular flexibility index (Phi) is 4.11. The lowest BCUT2D eigenvalue weighted by atomic mass is 10.1. The van der Waals surface area contributed by atoms with Gasteiger partial charge < -0.3 is 15.6 Å². The molecule has 2 aromatic rings. The highest BCUT2D eigenvalue weighted by Crippen LogP contribution is 2.22. The summed E-state index contributed by atoms with van der Waals surface area (Å²) in [5.74, 6) is 0.200. The molecule has 0 aliphatic rings. The minimum absolute atomic E-state index is 0.221. The molecule has 1 aromatic heterocycles. The van der Waals surface area contributed by atoms with Crippen LogP contribution in [0.1, 0.15) is 24.3 Å². The van der Waals surface area contributed by atoms with E-state index >= 15 is 0 Å². The zero-order valence-corrected chi connectivity index (χ0v) is 12.1. The summed E-state index contributed by atoms with van der Waals surface area (Å²) in [5.41, 5.74) is 6.35. The Bertz CT molecular complexity index is 600. The van der Waals surface area contributed by atoms with E-state index < -0.39 is 5.54 Å². The standard InChI is InChI=1S/C14H16ClN3O2/c1-14(2,16)8-17-13(19)11-7-12(20-18-11)9-3-5-10(15)6-4-9/h3-7H,8,16H2,1-2H3,(H,17,19). The van der Waals surface area contributed by atoms with E-state index in [-0.39, 0.29) is 11.6 Å². The van der Waals surface area contributed by atoms with Crippen LogP contribution in [0.25, 0.3) is 11.3 Å². The van der Waals surface area contributed by atoms with Crippen LogP contribution in [-0.2, 0) is 0 Å². The predicted molar refractivity (Wildman–Crippen MR) is 77.5 cm³/mol. The fraction of sp³-hybridized carbons (Fsp3) is 0.286. The molecule has 1 aromatic carbocycles. The first-order valence-corrected chi connectivity index (χ1v) is 6.53. The molecule has 0 bridgehead atoms. The summed E-state index contributed by atoms with van der Waals surface area (Å²) in [4.78, 5) is 11.9. The van der Waals surface area contributed by atoms with E-state index in [1.807, 2.05) is 13.8 Å². The summed E-state index contributed by atoms with van der Waals surface area (Å²) < 4.78 is 5.16. The summed E-state index contributed by atoms with van der Waals surface area (Å²) in [5, 5.41) is 7.10. The number of halogens is 1. The van der Waals surface area contributed by atoms with Gasteiger partial charge in [0.25, 0.3) is 5.91 Å². The quantitative estimate of drug-likeness (QED) is 0.907. The van der Waals surface area contributed by atoms with Crippen LogP contribution in [0.15, 0.2) is 34.9 Å². The second kappa shape index (κ2) is 5.64. The van der Waals surface area contributed by atoms with E-state index in [1.165, 1.54) is 0 Å². The van der Waals surface area contributed by atoms with Gasteiger partial charge in [0.15, 0.2) is 11.5 Å². The van der Waals surface area contributed by atoms with Crippen molar-refractivity contribution in [3.63, 3.8) is 0 Å². The molecule has 0 fully saturated rings. The largest absolute Gasteiger partial charge is 0.355 e. The van der Waals surface area contributed by atoms with Crippen LogP contribution < -0.4 is 11.1 Å². The van der Waals surface area contributed by atoms with Gasteiger partial charge >= 0.3 is 0 Å². The van der Waals surface area contributed by atoms with Crippen molar-refractivity contribution in [1.29, 1.82) is 0 Å². The molecule has 0 saturated carbocycles. The summed E-state index contributed by atoms with van der Waals surface area (Å²) in [7, 11) is 0. The summed E-state index contributed by atoms with van der Waals surface area (Å²) in [6.07, 6.45) is 0. The normalized spacial score (nSPS) is 11.4. The fourth-order valence-electron chi connectivity index (χ4n) is 1.53. The van der Waals surface area contributed by atoms with Crippen molar-refractivity contribution in [3.8, 4) is 11.3 Å². The van der Waals surface area contributed by atoms with Gasteiger partial charge in [-0.15, -0.1) is 0 Å². The molecule has 0 radical (unpaired) electrons. The van der Waals surface area contributed by atoms with Gasteiger partial charge in [-0.1, -0.05) is 16.8 Å². The van der Waals surface area contributed by atoms with Gasteiger partial charge in [-0.25, -0.2) is 0 Å². The molecule has 20 heavy (non-hydrogen) atoms. The molecule has 5 nitrogen and oxygen atoms in total. The van der Waals surface area contributed by atoms with Gasteiger partial charge in [0.05, 0.1) is 0 Å². The Balaban J connectivity index is 2.09. The Hall–Kier alpha value is -1.85. The van der Waals surface area contributed by atoms with Crippen molar-refractivity contribution < 1.29 is 9.32 Å². The van der Waals surface area contributed by atoms with Crippen LogP contribution in [0.5, 0.6) is 0 Å². The van der Waals surface area contributed by atoms with E-state index in [0.29, 0.717) is 17.3 Å². The van der Waals surface area contributed by atoms with Crippen molar-refractivity contribution in [2.75, 3.05) is 6.54 Å². The minimum atomic E-state index is -0.474. The van der Waals surface area contributed by atoms with Crippen molar-refractivity contribution in [3.05, 3.63) is 41.0 Å². The Morgan fingerprint density at radius 1 is 1.40 bits per heavy atom. The lowest BCUT2D eigenvalue weighted by molar-refractivity contribution is 0.0937. The van der Waals surface area contributed by atoms with E-state index in [9.17, 15) is 4.79 Å². The monoisotopic (exact) mass is 293 g/mol. The van der Waals surface area contributed by atoms with Crippen LogP contribution in [0.2, 0.25) is 5.02 Å². The number of hydrogen-bond acceptors (Lipinski definition) is 4. The number of benzene rings is 1. The first-order chi connectivity index (χ1) is 9.35. The Morgan fingerprint density at radius 3 is 2.65 bits per heavy atom. The highest BCUT2D eigenvalue weighted by molar-refractivity contribution is 6.30. The molecule has 0 atom stereocenters. The molecule has 0 aliphatic carbocycles. The van der Waals surface area contributed by atoms with E-state index in [1.54, 1.807) is 30.3 Å². The van der Waals surface area contributed by atoms with Gasteiger partial charge in [-0.2, -0.15) is 0 Å². The molecule has 0 aliphatic heterocycles. The number of nitrogens with one attached hydrogen (secondary N) is 1. The topological polar surface area (TPSA) is 81.1 Å². The molecule has 106 valence electrons. The molecule has 0 unspecified atom stereocenters. The predicted octanol–water partition coefficient (Wildman–Crippen LogP) is 2.46. The molecule has 3 N–H and O–H groups in total. The third-order valence-corrected chi connectivity index (χ3v) is 2.83. The number of carbonyl (C=O) groups excluding carboxylic acids is 1. The maximum absolute atomic E-state index is 11.9. The Morgan fingerprint density at radius 2 is 2.05 bits per heavy atom. The summed E-state index contributed by atoms with van der Waals surface area (Å²) in [6, 6.07) is 8.68. The second-order valence-corrected chi connectivity index (χ2v) is 5.69. The SMILES string of the molecule is CC(C)(N)CNC(=O)c1cc(-c2ccc(Cl)cc2)on1. The molecule has 1 amide bonds. The number of carbonyl (C=O) groups is 1. The molecule has 0 saturated heterocycles. The fourth-order valence-corrected chi connectivity index (χ4v) is 1.66. The van der Waals surface area contributed by atoms with E-state index in [0.717, 1.165) is 5.56 Å². The van der Waals surface area contributed by atoms with Crippen LogP contribution >= 0.6 is 11.6 Å². The molecular weight excluding hydrogens is 278 g/mol. The number of rotatable bonds is 4. The molecule has 1 heterocycles. The van der Waals surface area contributed by atoms with Crippen LogP contribution in [-0.4, -0.2) is 23.1 Å². The highest BCUT2D eigenvalue weighted by Gasteiger charge is 2.17. The lowest BCUT2D eigenvalue weighted by Crippen LogP contribution is -2.45. The third kappa shape index (κ3) is 3.82. The number of nitrogens with two attached hydrogens (primary N) is 1. The van der Waals surface area contributed by atoms with Gasteiger partial charge in [0.2, 0.25) is 0 Å². The van der Waals surface area contributed by atoms with E-state index in [4.69, 9.17) is 21.9 Å². The lowest BCUT2D eigenvalue weighted by Gasteiger charge is -2.18. The number of hydrogen-bond donors (Lipinski definition) is 2. The van der Waals surface area contributed by atoms with Crippen molar-refractivity contribution in [2.45, 2.75) is 19.4 Å².